The Balaban J connectivity index is 1.57. The molecule has 4 rings (SSSR count). The van der Waals surface area contributed by atoms with Crippen molar-refractivity contribution in [2.45, 2.75) is 26.5 Å². The zero-order valence-corrected chi connectivity index (χ0v) is 17.0. The number of nitrogens with zero attached hydrogens (tertiary/aromatic N) is 2. The quantitative estimate of drug-likeness (QED) is 0.505. The molecule has 0 fully saturated rings. The number of benzene rings is 3. The number of ether oxygens (including phenoxy) is 2. The van der Waals surface area contributed by atoms with Crippen molar-refractivity contribution in [1.82, 2.24) is 0 Å². The number of methoxy groups -OCH3 is 1. The van der Waals surface area contributed by atoms with E-state index < -0.39 is 0 Å². The zero-order valence-electron chi connectivity index (χ0n) is 17.0. The fourth-order valence-electron chi connectivity index (χ4n) is 3.88. The fourth-order valence-corrected chi connectivity index (χ4v) is 3.88. The third-order valence-electron chi connectivity index (χ3n) is 5.36. The first-order valence-corrected chi connectivity index (χ1v) is 9.87. The molecule has 1 aliphatic heterocycles. The Hall–Kier alpha value is -3.27. The normalized spacial score (nSPS) is 12.6. The minimum absolute atomic E-state index is 0.480. The molecule has 0 N–H and O–H groups in total. The van der Waals surface area contributed by atoms with Gasteiger partial charge in [-0.1, -0.05) is 48.0 Å². The molecule has 0 radical (unpaired) electrons. The van der Waals surface area contributed by atoms with Gasteiger partial charge >= 0.3 is 0 Å². The first-order valence-electron chi connectivity index (χ1n) is 9.87. The van der Waals surface area contributed by atoms with Crippen LogP contribution in [-0.4, -0.2) is 20.4 Å². The van der Waals surface area contributed by atoms with Crippen LogP contribution in [0.15, 0.2) is 65.7 Å². The van der Waals surface area contributed by atoms with Crippen molar-refractivity contribution < 1.29 is 9.47 Å². The van der Waals surface area contributed by atoms with Crippen LogP contribution in [0.5, 0.6) is 11.5 Å². The van der Waals surface area contributed by atoms with E-state index >= 15 is 0 Å². The number of aliphatic imine (C=N–C) groups is 1. The van der Waals surface area contributed by atoms with E-state index in [1.807, 2.05) is 18.2 Å². The number of fused-ring (bicyclic) bond motifs is 1. The first-order chi connectivity index (χ1) is 14.2. The average Bonchev–Trinajstić information content (AvgIpc) is 3.15. The van der Waals surface area contributed by atoms with Gasteiger partial charge < -0.3 is 14.4 Å². The highest BCUT2D eigenvalue weighted by Crippen LogP contribution is 2.38. The van der Waals surface area contributed by atoms with Crippen molar-refractivity contribution in [2.24, 2.45) is 4.99 Å². The molecule has 3 aromatic rings. The summed E-state index contributed by atoms with van der Waals surface area (Å²) < 4.78 is 11.7. The van der Waals surface area contributed by atoms with E-state index in [-0.39, 0.29) is 0 Å². The molecule has 0 amide bonds. The molecule has 0 aromatic heterocycles. The molecule has 0 spiro atoms. The van der Waals surface area contributed by atoms with E-state index in [4.69, 9.17) is 9.47 Å². The minimum Gasteiger partial charge on any atom is -0.493 e. The van der Waals surface area contributed by atoms with Crippen molar-refractivity contribution >= 4 is 18.1 Å². The first kappa shape index (κ1) is 19.1. The van der Waals surface area contributed by atoms with Crippen molar-refractivity contribution in [3.8, 4) is 11.5 Å². The number of para-hydroxylation sites is 1. The Bertz CT molecular complexity index is 1030. The van der Waals surface area contributed by atoms with Crippen LogP contribution in [0.2, 0.25) is 0 Å². The van der Waals surface area contributed by atoms with Gasteiger partial charge in [-0.05, 0) is 43.3 Å². The van der Waals surface area contributed by atoms with E-state index in [9.17, 15) is 0 Å². The zero-order chi connectivity index (χ0) is 20.2. The summed E-state index contributed by atoms with van der Waals surface area (Å²) in [6.45, 7) is 8.10. The number of aryl methyl sites for hydroxylation is 1. The fraction of sp³-hybridized carbons (Fsp3) is 0.240. The van der Waals surface area contributed by atoms with Gasteiger partial charge in [-0.15, -0.1) is 0 Å². The maximum Gasteiger partial charge on any atom is 0.163 e. The van der Waals surface area contributed by atoms with Gasteiger partial charge in [0.2, 0.25) is 0 Å². The summed E-state index contributed by atoms with van der Waals surface area (Å²) in [5.74, 6) is 1.40. The molecule has 1 heterocycles. The lowest BCUT2D eigenvalue weighted by Gasteiger charge is -2.22. The lowest BCUT2D eigenvalue weighted by Crippen LogP contribution is -2.19. The summed E-state index contributed by atoms with van der Waals surface area (Å²) in [5.41, 5.74) is 6.93. The number of hydrogen-bond donors (Lipinski definition) is 0. The predicted octanol–water partition coefficient (Wildman–Crippen LogP) is 5.48. The summed E-state index contributed by atoms with van der Waals surface area (Å²) >= 11 is 0. The molecule has 0 bridgehead atoms. The highest BCUT2D eigenvalue weighted by Gasteiger charge is 2.20. The molecule has 0 aliphatic carbocycles. The second-order valence-electron chi connectivity index (χ2n) is 7.37. The Morgan fingerprint density at radius 1 is 1.03 bits per heavy atom. The summed E-state index contributed by atoms with van der Waals surface area (Å²) in [6.07, 6.45) is 1.07. The van der Waals surface area contributed by atoms with Gasteiger partial charge in [-0.25, -0.2) is 0 Å². The molecule has 0 atom stereocenters. The highest BCUT2D eigenvalue weighted by atomic mass is 16.5. The third-order valence-corrected chi connectivity index (χ3v) is 5.36. The van der Waals surface area contributed by atoms with Crippen molar-refractivity contribution in [3.63, 3.8) is 0 Å². The summed E-state index contributed by atoms with van der Waals surface area (Å²) in [5, 5.41) is 0. The predicted molar refractivity (Wildman–Crippen MR) is 119 cm³/mol. The molecule has 4 heteroatoms. The lowest BCUT2D eigenvalue weighted by molar-refractivity contribution is 0.284. The molecular formula is C25H26N2O2. The Labute approximate surface area is 172 Å². The van der Waals surface area contributed by atoms with E-state index in [1.165, 1.54) is 16.8 Å². The smallest absolute Gasteiger partial charge is 0.163 e. The van der Waals surface area contributed by atoms with Gasteiger partial charge in [0, 0.05) is 30.4 Å². The van der Waals surface area contributed by atoms with Crippen LogP contribution in [-0.2, 0) is 19.6 Å². The van der Waals surface area contributed by atoms with Crippen LogP contribution in [0.4, 0.5) is 11.4 Å². The summed E-state index contributed by atoms with van der Waals surface area (Å²) in [4.78, 5) is 6.64. The monoisotopic (exact) mass is 386 g/mol. The number of anilines is 1. The molecule has 148 valence electrons. The van der Waals surface area contributed by atoms with E-state index in [0.717, 1.165) is 36.3 Å². The molecule has 4 nitrogen and oxygen atoms in total. The van der Waals surface area contributed by atoms with Gasteiger partial charge in [0.1, 0.15) is 6.61 Å². The van der Waals surface area contributed by atoms with Gasteiger partial charge in [-0.2, -0.15) is 0 Å². The topological polar surface area (TPSA) is 34.1 Å². The molecule has 0 saturated heterocycles. The molecule has 29 heavy (non-hydrogen) atoms. The maximum atomic E-state index is 6.07. The van der Waals surface area contributed by atoms with Gasteiger partial charge in [0.15, 0.2) is 11.5 Å². The number of hydrogen-bond acceptors (Lipinski definition) is 4. The van der Waals surface area contributed by atoms with Gasteiger partial charge in [0.25, 0.3) is 0 Å². The maximum absolute atomic E-state index is 6.07. The SMILES string of the molecule is C=Nc1cc(OCc2cccc(C)c2)c(OC)cc1CN1CCc2ccccc21. The Morgan fingerprint density at radius 3 is 2.69 bits per heavy atom. The van der Waals surface area contributed by atoms with Crippen molar-refractivity contribution in [2.75, 3.05) is 18.6 Å². The van der Waals surface area contributed by atoms with E-state index in [1.54, 1.807) is 7.11 Å². The Morgan fingerprint density at radius 2 is 1.90 bits per heavy atom. The average molecular weight is 386 g/mol. The molecular weight excluding hydrogens is 360 g/mol. The highest BCUT2D eigenvalue weighted by molar-refractivity contribution is 5.63. The van der Waals surface area contributed by atoms with E-state index in [2.05, 4.69) is 66.0 Å². The van der Waals surface area contributed by atoms with Crippen LogP contribution < -0.4 is 14.4 Å². The van der Waals surface area contributed by atoms with Gasteiger partial charge in [0.05, 0.1) is 12.8 Å². The molecule has 3 aromatic carbocycles. The van der Waals surface area contributed by atoms with Crippen molar-refractivity contribution in [3.05, 3.63) is 82.9 Å². The molecule has 0 unspecified atom stereocenters. The Kier molecular flexibility index (Phi) is 5.52. The third kappa shape index (κ3) is 4.11. The van der Waals surface area contributed by atoms with E-state index in [0.29, 0.717) is 18.1 Å². The largest absolute Gasteiger partial charge is 0.493 e. The van der Waals surface area contributed by atoms with Crippen molar-refractivity contribution in [1.29, 1.82) is 0 Å². The van der Waals surface area contributed by atoms with Gasteiger partial charge in [-0.3, -0.25) is 4.99 Å². The standard InChI is InChI=1S/C25H26N2O2/c1-18-7-6-8-19(13-18)17-29-25-15-22(26-2)21(14-24(25)28-3)16-27-12-11-20-9-4-5-10-23(20)27/h4-10,13-15H,2,11-12,16-17H2,1,3H3. The summed E-state index contributed by atoms with van der Waals surface area (Å²) in [7, 11) is 1.67. The second kappa shape index (κ2) is 8.39. The van der Waals surface area contributed by atoms with Crippen LogP contribution in [0.3, 0.4) is 0 Å². The molecule has 1 aliphatic rings. The van der Waals surface area contributed by atoms with Crippen LogP contribution in [0, 0.1) is 6.92 Å². The second-order valence-corrected chi connectivity index (χ2v) is 7.37. The van der Waals surface area contributed by atoms with Crippen LogP contribution >= 0.6 is 0 Å². The number of rotatable bonds is 7. The van der Waals surface area contributed by atoms with Crippen LogP contribution in [0.1, 0.15) is 22.3 Å². The summed E-state index contributed by atoms with van der Waals surface area (Å²) in [6, 6.07) is 20.8. The molecule has 0 saturated carbocycles. The minimum atomic E-state index is 0.480. The lowest BCUT2D eigenvalue weighted by atomic mass is 10.1. The van der Waals surface area contributed by atoms with Crippen LogP contribution in [0.25, 0.3) is 0 Å².